The lowest BCUT2D eigenvalue weighted by Gasteiger charge is -2.29. The van der Waals surface area contributed by atoms with Crippen molar-refractivity contribution in [2.24, 2.45) is 0 Å². The molecular weight excluding hydrogens is 428 g/mol. The number of aryl methyl sites for hydroxylation is 1. The maximum Gasteiger partial charge on any atom is 0.237 e. The first-order valence-electron chi connectivity index (χ1n) is 11.6. The molecule has 5 nitrogen and oxygen atoms in total. The number of allylic oxidation sites excluding steroid dienone is 2. The van der Waals surface area contributed by atoms with Crippen molar-refractivity contribution in [3.63, 3.8) is 0 Å². The third-order valence-corrected chi connectivity index (χ3v) is 5.22. The summed E-state index contributed by atoms with van der Waals surface area (Å²) in [6, 6.07) is 8.01. The maximum atomic E-state index is 12.8. The van der Waals surface area contributed by atoms with Gasteiger partial charge in [-0.2, -0.15) is 5.26 Å². The van der Waals surface area contributed by atoms with Crippen LogP contribution in [0.1, 0.15) is 53.5 Å². The minimum Gasteiger partial charge on any atom is -0.311 e. The Hall–Kier alpha value is -3.04. The summed E-state index contributed by atoms with van der Waals surface area (Å²) < 4.78 is 1.42. The van der Waals surface area contributed by atoms with E-state index >= 15 is 0 Å². The summed E-state index contributed by atoms with van der Waals surface area (Å²) in [5.74, 6) is 0.233. The molecule has 1 aromatic heterocycles. The number of benzene rings is 1. The fraction of sp³-hybridized carbons (Fsp3) is 0.370. The molecule has 1 aliphatic rings. The van der Waals surface area contributed by atoms with Gasteiger partial charge in [0.2, 0.25) is 5.91 Å². The van der Waals surface area contributed by atoms with E-state index in [4.69, 9.17) is 0 Å². The maximum absolute atomic E-state index is 12.8. The van der Waals surface area contributed by atoms with Gasteiger partial charge in [-0.3, -0.25) is 4.79 Å². The summed E-state index contributed by atoms with van der Waals surface area (Å²) in [5.41, 5.74) is 2.19. The first-order valence-corrected chi connectivity index (χ1v) is 12.6. The van der Waals surface area contributed by atoms with Crippen LogP contribution in [-0.4, -0.2) is 27.8 Å². The molecule has 0 fully saturated rings. The first-order chi connectivity index (χ1) is 16.2. The molecule has 0 spiro atoms. The van der Waals surface area contributed by atoms with Crippen molar-refractivity contribution in [3.05, 3.63) is 65.8 Å². The molecule has 1 amide bonds. The van der Waals surface area contributed by atoms with Gasteiger partial charge in [0.05, 0.1) is 16.5 Å². The van der Waals surface area contributed by atoms with Crippen LogP contribution in [0.4, 0.5) is 5.69 Å². The number of rotatable bonds is 5. The lowest BCUT2D eigenvalue weighted by molar-refractivity contribution is -0.116. The number of fused-ring (bicyclic) bond motifs is 1. The van der Waals surface area contributed by atoms with Crippen LogP contribution in [0.15, 0.2) is 54.7 Å². The summed E-state index contributed by atoms with van der Waals surface area (Å²) in [7, 11) is 0. The van der Waals surface area contributed by atoms with Crippen LogP contribution < -0.4 is 15.6 Å². The molecule has 0 atom stereocenters. The van der Waals surface area contributed by atoms with Crippen molar-refractivity contribution in [2.75, 3.05) is 17.2 Å². The number of amides is 1. The summed E-state index contributed by atoms with van der Waals surface area (Å²) >= 11 is 1.26. The number of nitrogens with zero attached hydrogens (tertiary/aromatic N) is 4. The van der Waals surface area contributed by atoms with E-state index < -0.39 is 0 Å². The lowest BCUT2D eigenvalue weighted by Crippen LogP contribution is -2.36. The Labute approximate surface area is 203 Å². The molecule has 178 valence electrons. The van der Waals surface area contributed by atoms with Crippen LogP contribution in [0.3, 0.4) is 0 Å². The van der Waals surface area contributed by atoms with Crippen LogP contribution in [0.2, 0.25) is 0 Å². The highest BCUT2D eigenvalue weighted by Crippen LogP contribution is 2.27. The predicted molar refractivity (Wildman–Crippen MR) is 144 cm³/mol. The number of hydrogen-bond donors (Lipinski definition) is 0. The number of anilines is 1. The highest BCUT2D eigenvalue weighted by atomic mass is 32.2. The Kier molecular flexibility index (Phi) is 15.9. The van der Waals surface area contributed by atoms with Crippen molar-refractivity contribution in [3.8, 4) is 6.19 Å². The van der Waals surface area contributed by atoms with E-state index in [1.165, 1.54) is 21.9 Å². The summed E-state index contributed by atoms with van der Waals surface area (Å²) in [4.78, 5) is 19.1. The van der Waals surface area contributed by atoms with Gasteiger partial charge in [0.1, 0.15) is 0 Å². The Morgan fingerprint density at radius 1 is 1.12 bits per heavy atom. The van der Waals surface area contributed by atoms with Crippen LogP contribution in [0.25, 0.3) is 12.2 Å². The molecule has 6 heteroatoms. The SMILES string of the molecule is C=C/C=c1/nc(SCC(=O)N2CCCc3ccccc32)n(C#N)/c1=C/C=C.CC.CC.CC. The largest absolute Gasteiger partial charge is 0.311 e. The number of hydrogen-bond acceptors (Lipinski definition) is 4. The molecule has 0 radical (unpaired) electrons. The molecule has 0 saturated carbocycles. The minimum absolute atomic E-state index is 0.0168. The van der Waals surface area contributed by atoms with Crippen molar-refractivity contribution >= 4 is 35.5 Å². The zero-order valence-electron chi connectivity index (χ0n) is 21.0. The quantitative estimate of drug-likeness (QED) is 0.561. The summed E-state index contributed by atoms with van der Waals surface area (Å²) in [6.07, 6.45) is 10.7. The van der Waals surface area contributed by atoms with Crippen molar-refractivity contribution in [1.82, 2.24) is 9.55 Å². The van der Waals surface area contributed by atoms with E-state index in [9.17, 15) is 10.1 Å². The van der Waals surface area contributed by atoms with E-state index in [2.05, 4.69) is 30.4 Å². The smallest absolute Gasteiger partial charge is 0.237 e. The molecule has 1 aliphatic heterocycles. The van der Waals surface area contributed by atoms with Gasteiger partial charge < -0.3 is 4.90 Å². The lowest BCUT2D eigenvalue weighted by atomic mass is 10.0. The van der Waals surface area contributed by atoms with Gasteiger partial charge in [0.15, 0.2) is 11.3 Å². The Bertz CT molecular complexity index is 1050. The van der Waals surface area contributed by atoms with Crippen LogP contribution in [0, 0.1) is 11.5 Å². The van der Waals surface area contributed by atoms with E-state index in [1.54, 1.807) is 24.3 Å². The second-order valence-electron chi connectivity index (χ2n) is 5.97. The number of carbonyl (C=O) groups is 1. The molecule has 0 unspecified atom stereocenters. The Balaban J connectivity index is 0.00000158. The molecular formula is C27H38N4OS. The Morgan fingerprint density at radius 2 is 1.76 bits per heavy atom. The van der Waals surface area contributed by atoms with E-state index in [0.717, 1.165) is 18.5 Å². The van der Waals surface area contributed by atoms with Gasteiger partial charge >= 0.3 is 0 Å². The third kappa shape index (κ3) is 8.11. The summed E-state index contributed by atoms with van der Waals surface area (Å²) in [5, 5.41) is 11.3. The summed E-state index contributed by atoms with van der Waals surface area (Å²) in [6.45, 7) is 20.1. The zero-order chi connectivity index (χ0) is 25.2. The molecule has 2 heterocycles. The molecule has 0 N–H and O–H groups in total. The first kappa shape index (κ1) is 30.0. The minimum atomic E-state index is 0.0168. The fourth-order valence-electron chi connectivity index (χ4n) is 3.12. The molecule has 0 bridgehead atoms. The fourth-order valence-corrected chi connectivity index (χ4v) is 3.96. The molecule has 0 aliphatic carbocycles. The highest BCUT2D eigenvalue weighted by molar-refractivity contribution is 7.99. The van der Waals surface area contributed by atoms with Crippen LogP contribution in [-0.2, 0) is 11.2 Å². The van der Waals surface area contributed by atoms with Gasteiger partial charge in [-0.15, -0.1) is 0 Å². The molecule has 3 rings (SSSR count). The number of carbonyl (C=O) groups excluding carboxylic acids is 1. The van der Waals surface area contributed by atoms with E-state index in [-0.39, 0.29) is 11.7 Å². The van der Waals surface area contributed by atoms with Crippen molar-refractivity contribution in [1.29, 1.82) is 5.26 Å². The second kappa shape index (κ2) is 17.5. The normalized spacial score (nSPS) is 12.5. The standard InChI is InChI=1S/C21H20N4OS.3C2H6/c1-3-8-17-19(9-4-2)25(15-22)21(23-17)27-14-20(26)24-13-7-11-16-10-5-6-12-18(16)24;3*1-2/h3-6,8-10,12H,1-2,7,11,13-14H2;3*1-2H3/b17-8+,19-9+;;;. The monoisotopic (exact) mass is 466 g/mol. The number of imidazole rings is 1. The van der Waals surface area contributed by atoms with Gasteiger partial charge in [0.25, 0.3) is 0 Å². The van der Waals surface area contributed by atoms with Gasteiger partial charge in [-0.05, 0) is 36.6 Å². The predicted octanol–water partition coefficient (Wildman–Crippen LogP) is 5.30. The van der Waals surface area contributed by atoms with Gasteiger partial charge in [0, 0.05) is 12.2 Å². The molecule has 2 aromatic rings. The average Bonchev–Trinajstić information content (AvgIpc) is 3.22. The topological polar surface area (TPSA) is 61.9 Å². The van der Waals surface area contributed by atoms with Crippen LogP contribution in [0.5, 0.6) is 0 Å². The van der Waals surface area contributed by atoms with E-state index in [1.807, 2.05) is 64.6 Å². The van der Waals surface area contributed by atoms with Crippen molar-refractivity contribution < 1.29 is 4.79 Å². The molecule has 0 saturated heterocycles. The Morgan fingerprint density at radius 3 is 2.36 bits per heavy atom. The van der Waals surface area contributed by atoms with E-state index in [0.29, 0.717) is 22.4 Å². The number of aromatic nitrogens is 2. The zero-order valence-corrected chi connectivity index (χ0v) is 21.8. The second-order valence-corrected chi connectivity index (χ2v) is 6.91. The van der Waals surface area contributed by atoms with Gasteiger partial charge in [-0.25, -0.2) is 9.55 Å². The third-order valence-electron chi connectivity index (χ3n) is 4.30. The van der Waals surface area contributed by atoms with Crippen LogP contribution >= 0.6 is 11.8 Å². The number of thioether (sulfide) groups is 1. The molecule has 33 heavy (non-hydrogen) atoms. The van der Waals surface area contributed by atoms with Crippen molar-refractivity contribution in [2.45, 2.75) is 59.5 Å². The van der Waals surface area contributed by atoms with Gasteiger partial charge in [-0.1, -0.05) is 96.8 Å². The number of para-hydroxylation sites is 1. The molecule has 1 aromatic carbocycles. The average molecular weight is 467 g/mol. The highest BCUT2D eigenvalue weighted by Gasteiger charge is 2.22. The number of nitriles is 1.